The molecule has 0 aromatic heterocycles. The number of rotatable bonds is 2. The van der Waals surface area contributed by atoms with E-state index in [1.807, 2.05) is 13.8 Å². The zero-order chi connectivity index (χ0) is 11.6. The molecule has 0 amide bonds. The molecule has 0 spiro atoms. The summed E-state index contributed by atoms with van der Waals surface area (Å²) in [6.07, 6.45) is -3.70. The third-order valence-corrected chi connectivity index (χ3v) is 2.48. The maximum absolute atomic E-state index is 12.2. The van der Waals surface area contributed by atoms with Crippen LogP contribution in [0.15, 0.2) is 18.2 Å². The smallest absolute Gasteiger partial charge is 0.290 e. The second kappa shape index (κ2) is 4.13. The first-order valence-electron chi connectivity index (χ1n) is 4.74. The van der Waals surface area contributed by atoms with Crippen molar-refractivity contribution in [3.05, 3.63) is 29.3 Å². The molecule has 0 N–H and O–H groups in total. The van der Waals surface area contributed by atoms with Crippen molar-refractivity contribution >= 4 is 0 Å². The number of hydrogen-bond donors (Lipinski definition) is 0. The molecule has 15 heavy (non-hydrogen) atoms. The lowest BCUT2D eigenvalue weighted by Gasteiger charge is -2.12. The highest BCUT2D eigenvalue weighted by Gasteiger charge is 2.31. The van der Waals surface area contributed by atoms with Gasteiger partial charge in [0.15, 0.2) is 5.75 Å². The third-order valence-electron chi connectivity index (χ3n) is 2.48. The van der Waals surface area contributed by atoms with Crippen LogP contribution < -0.4 is 0 Å². The Morgan fingerprint density at radius 1 is 1.33 bits per heavy atom. The van der Waals surface area contributed by atoms with Gasteiger partial charge in [0.1, 0.15) is 0 Å². The number of halogens is 3. The molecule has 0 aliphatic heterocycles. The normalized spacial score (nSPS) is 13.9. The molecule has 0 heterocycles. The van der Waals surface area contributed by atoms with Gasteiger partial charge in [-0.2, -0.15) is 13.2 Å². The molecule has 1 aromatic carbocycles. The Hall–Kier alpha value is -1.19. The van der Waals surface area contributed by atoms with E-state index in [9.17, 15) is 18.3 Å². The van der Waals surface area contributed by atoms with E-state index in [-0.39, 0.29) is 5.92 Å². The molecule has 1 radical (unpaired) electrons. The Kier molecular flexibility index (Phi) is 3.27. The first kappa shape index (κ1) is 11.9. The first-order chi connectivity index (χ1) is 6.86. The van der Waals surface area contributed by atoms with E-state index in [0.717, 1.165) is 12.5 Å². The van der Waals surface area contributed by atoms with Crippen molar-refractivity contribution in [2.75, 3.05) is 0 Å². The van der Waals surface area contributed by atoms with Crippen LogP contribution in [0, 0.1) is 0 Å². The lowest BCUT2D eigenvalue weighted by molar-refractivity contribution is -0.137. The predicted octanol–water partition coefficient (Wildman–Crippen LogP) is 4.36. The van der Waals surface area contributed by atoms with Crippen LogP contribution in [0.25, 0.3) is 0 Å². The van der Waals surface area contributed by atoms with Crippen molar-refractivity contribution in [3.63, 3.8) is 0 Å². The minimum atomic E-state index is -4.44. The van der Waals surface area contributed by atoms with E-state index in [2.05, 4.69) is 0 Å². The van der Waals surface area contributed by atoms with Crippen molar-refractivity contribution in [1.29, 1.82) is 0 Å². The van der Waals surface area contributed by atoms with Crippen LogP contribution in [-0.4, -0.2) is 0 Å². The summed E-state index contributed by atoms with van der Waals surface area (Å²) in [5, 5.41) is 11.4. The second-order valence-electron chi connectivity index (χ2n) is 3.56. The van der Waals surface area contributed by atoms with Gasteiger partial charge in [0.25, 0.3) is 0 Å². The zero-order valence-corrected chi connectivity index (χ0v) is 8.56. The number of alkyl halides is 3. The molecule has 0 saturated carbocycles. The molecule has 1 rings (SSSR count). The SMILES string of the molecule is CCC(C)c1ccc(C(F)(F)F)cc1[O]. The fraction of sp³-hybridized carbons (Fsp3) is 0.455. The predicted molar refractivity (Wildman–Crippen MR) is 50.3 cm³/mol. The van der Waals surface area contributed by atoms with E-state index < -0.39 is 17.5 Å². The van der Waals surface area contributed by atoms with Crippen LogP contribution >= 0.6 is 0 Å². The summed E-state index contributed by atoms with van der Waals surface area (Å²) in [7, 11) is 0. The summed E-state index contributed by atoms with van der Waals surface area (Å²) in [6, 6.07) is 2.91. The van der Waals surface area contributed by atoms with Gasteiger partial charge in [-0.25, -0.2) is 0 Å². The molecular formula is C11H12F3O. The highest BCUT2D eigenvalue weighted by atomic mass is 19.4. The van der Waals surface area contributed by atoms with Gasteiger partial charge in [-0.3, -0.25) is 5.11 Å². The van der Waals surface area contributed by atoms with E-state index in [0.29, 0.717) is 11.6 Å². The van der Waals surface area contributed by atoms with Gasteiger partial charge in [0.2, 0.25) is 0 Å². The fourth-order valence-corrected chi connectivity index (χ4v) is 1.34. The Balaban J connectivity index is 3.09. The first-order valence-corrected chi connectivity index (χ1v) is 4.74. The molecule has 4 heteroatoms. The van der Waals surface area contributed by atoms with Crippen LogP contribution in [0.2, 0.25) is 0 Å². The van der Waals surface area contributed by atoms with Crippen molar-refractivity contribution in [1.82, 2.24) is 0 Å². The van der Waals surface area contributed by atoms with E-state index in [1.54, 1.807) is 0 Å². The van der Waals surface area contributed by atoms with Crippen molar-refractivity contribution in [2.24, 2.45) is 0 Å². The molecule has 0 saturated heterocycles. The summed E-state index contributed by atoms with van der Waals surface area (Å²) in [5.41, 5.74) is -0.426. The number of benzene rings is 1. The minimum Gasteiger partial charge on any atom is -0.290 e. The maximum Gasteiger partial charge on any atom is 0.416 e. The molecule has 1 nitrogen and oxygen atoms in total. The van der Waals surface area contributed by atoms with E-state index in [1.165, 1.54) is 6.07 Å². The zero-order valence-electron chi connectivity index (χ0n) is 8.56. The maximum atomic E-state index is 12.2. The molecule has 1 aromatic rings. The van der Waals surface area contributed by atoms with Crippen molar-refractivity contribution in [2.45, 2.75) is 32.4 Å². The molecule has 0 aliphatic rings. The monoisotopic (exact) mass is 217 g/mol. The van der Waals surface area contributed by atoms with Crippen LogP contribution in [0.4, 0.5) is 13.2 Å². The molecule has 0 aliphatic carbocycles. The van der Waals surface area contributed by atoms with E-state index >= 15 is 0 Å². The van der Waals surface area contributed by atoms with Gasteiger partial charge in [0, 0.05) is 5.56 Å². The summed E-state index contributed by atoms with van der Waals surface area (Å²) in [5.74, 6) is -0.529. The molecule has 1 unspecified atom stereocenters. The van der Waals surface area contributed by atoms with Crippen molar-refractivity contribution in [3.8, 4) is 5.75 Å². The van der Waals surface area contributed by atoms with Gasteiger partial charge in [-0.15, -0.1) is 0 Å². The van der Waals surface area contributed by atoms with Crippen LogP contribution in [0.1, 0.15) is 37.3 Å². The molecule has 0 fully saturated rings. The summed E-state index contributed by atoms with van der Waals surface area (Å²) in [6.45, 7) is 3.71. The topological polar surface area (TPSA) is 19.9 Å². The van der Waals surface area contributed by atoms with Gasteiger partial charge in [-0.1, -0.05) is 19.9 Å². The Bertz CT molecular complexity index is 344. The quantitative estimate of drug-likeness (QED) is 0.701. The molecule has 1 atom stereocenters. The highest BCUT2D eigenvalue weighted by Crippen LogP contribution is 2.35. The largest absolute Gasteiger partial charge is 0.416 e. The minimum absolute atomic E-state index is 0.000200. The molecule has 83 valence electrons. The van der Waals surface area contributed by atoms with Gasteiger partial charge in [-0.05, 0) is 24.5 Å². The average molecular weight is 217 g/mol. The average Bonchev–Trinajstić information content (AvgIpc) is 2.15. The summed E-state index contributed by atoms with van der Waals surface area (Å²) < 4.78 is 36.7. The van der Waals surface area contributed by atoms with Crippen LogP contribution in [-0.2, 0) is 11.3 Å². The summed E-state index contributed by atoms with van der Waals surface area (Å²) in [4.78, 5) is 0. The Labute approximate surface area is 86.5 Å². The third kappa shape index (κ3) is 2.64. The molecular weight excluding hydrogens is 205 g/mol. The lowest BCUT2D eigenvalue weighted by Crippen LogP contribution is -2.05. The van der Waals surface area contributed by atoms with Crippen LogP contribution in [0.5, 0.6) is 5.75 Å². The Morgan fingerprint density at radius 3 is 2.33 bits per heavy atom. The molecule has 0 bridgehead atoms. The lowest BCUT2D eigenvalue weighted by atomic mass is 9.96. The summed E-state index contributed by atoms with van der Waals surface area (Å²) >= 11 is 0. The van der Waals surface area contributed by atoms with Crippen LogP contribution in [0.3, 0.4) is 0 Å². The Morgan fingerprint density at radius 2 is 1.93 bits per heavy atom. The standard InChI is InChI=1S/C11H12F3O/c1-3-7(2)9-5-4-8(6-10(9)15)11(12,13)14/h4-7H,3H2,1-2H3. The van der Waals surface area contributed by atoms with Crippen molar-refractivity contribution < 1.29 is 18.3 Å². The number of hydrogen-bond acceptors (Lipinski definition) is 0. The van der Waals surface area contributed by atoms with Gasteiger partial charge in [0.05, 0.1) is 5.56 Å². The van der Waals surface area contributed by atoms with Gasteiger partial charge >= 0.3 is 6.18 Å². The fourth-order valence-electron chi connectivity index (χ4n) is 1.34. The van der Waals surface area contributed by atoms with Gasteiger partial charge < -0.3 is 0 Å². The second-order valence-corrected chi connectivity index (χ2v) is 3.56. The highest BCUT2D eigenvalue weighted by molar-refractivity contribution is 5.39. The van der Waals surface area contributed by atoms with E-state index in [4.69, 9.17) is 0 Å².